The topological polar surface area (TPSA) is 112 Å². The Balaban J connectivity index is 0.000000494. The van der Waals surface area contributed by atoms with Gasteiger partial charge in [0.1, 0.15) is 6.61 Å². The van der Waals surface area contributed by atoms with E-state index in [0.29, 0.717) is 0 Å². The summed E-state index contributed by atoms with van der Waals surface area (Å²) in [5, 5.41) is 16.3. The highest BCUT2D eigenvalue weighted by molar-refractivity contribution is 5.59. The fourth-order valence-electron chi connectivity index (χ4n) is 1.03. The van der Waals surface area contributed by atoms with Crippen LogP contribution in [-0.4, -0.2) is 61.9 Å². The molecule has 1 heterocycles. The van der Waals surface area contributed by atoms with Gasteiger partial charge < -0.3 is 29.2 Å². The number of alkyl halides is 1. The van der Waals surface area contributed by atoms with E-state index in [4.69, 9.17) is 19.7 Å². The second-order valence-corrected chi connectivity index (χ2v) is 3.14. The lowest BCUT2D eigenvalue weighted by atomic mass is 10.2. The number of rotatable bonds is 2. The minimum absolute atomic E-state index is 0.0260. The maximum absolute atomic E-state index is 12.6. The molecule has 0 aromatic carbocycles. The van der Waals surface area contributed by atoms with Crippen molar-refractivity contribution in [3.63, 3.8) is 0 Å². The lowest BCUT2D eigenvalue weighted by molar-refractivity contribution is -0.122. The number of aliphatic hydroxyl groups is 1. The minimum Gasteiger partial charge on any atom is -0.450 e. The summed E-state index contributed by atoms with van der Waals surface area (Å²) in [6, 6.07) is 0. The summed E-state index contributed by atoms with van der Waals surface area (Å²) in [7, 11) is 2.27. The van der Waals surface area contributed by atoms with E-state index < -0.39 is 30.9 Å². The van der Waals surface area contributed by atoms with E-state index in [1.807, 2.05) is 0 Å². The molecular formula is C9H15FO8. The summed E-state index contributed by atoms with van der Waals surface area (Å²) in [4.78, 5) is 19.6. The molecule has 3 atom stereocenters. The van der Waals surface area contributed by atoms with Gasteiger partial charge in [-0.2, -0.15) is 0 Å². The zero-order valence-corrected chi connectivity index (χ0v) is 9.87. The monoisotopic (exact) mass is 270 g/mol. The van der Waals surface area contributed by atoms with Crippen molar-refractivity contribution in [2.45, 2.75) is 25.0 Å². The Hall–Kier alpha value is -1.61. The molecule has 1 fully saturated rings. The standard InChI is InChI=1S/C7H11FO5.C2H4O3/c1-11-7(10)12-3-4-2-5(8)6(9)13-4;1-5-2(3)4/h4-6,9H,2-3H2,1H3;1H3,(H,3,4). The molecular weight excluding hydrogens is 255 g/mol. The van der Waals surface area contributed by atoms with Crippen LogP contribution in [0.5, 0.6) is 0 Å². The molecule has 106 valence electrons. The average molecular weight is 270 g/mol. The minimum atomic E-state index is -1.41. The van der Waals surface area contributed by atoms with Crippen LogP contribution in [0.25, 0.3) is 0 Å². The van der Waals surface area contributed by atoms with Crippen molar-refractivity contribution >= 4 is 12.3 Å². The molecule has 1 rings (SSSR count). The van der Waals surface area contributed by atoms with Crippen LogP contribution >= 0.6 is 0 Å². The van der Waals surface area contributed by atoms with Crippen molar-refractivity contribution in [1.82, 2.24) is 0 Å². The molecule has 0 spiro atoms. The van der Waals surface area contributed by atoms with Gasteiger partial charge in [-0.15, -0.1) is 0 Å². The number of hydrogen-bond acceptors (Lipinski definition) is 7. The molecule has 3 unspecified atom stereocenters. The lowest BCUT2D eigenvalue weighted by Crippen LogP contribution is -2.19. The summed E-state index contributed by atoms with van der Waals surface area (Å²) in [6.07, 6.45) is -5.48. The number of carbonyl (C=O) groups is 2. The van der Waals surface area contributed by atoms with E-state index in [1.54, 1.807) is 0 Å². The largest absolute Gasteiger partial charge is 0.508 e. The molecule has 1 aliphatic rings. The molecule has 2 N–H and O–H groups in total. The first-order chi connectivity index (χ1) is 8.40. The average Bonchev–Trinajstić information content (AvgIpc) is 2.66. The Morgan fingerprint density at radius 1 is 1.39 bits per heavy atom. The molecule has 0 amide bonds. The van der Waals surface area contributed by atoms with E-state index in [2.05, 4.69) is 14.2 Å². The lowest BCUT2D eigenvalue weighted by Gasteiger charge is -2.09. The van der Waals surface area contributed by atoms with Crippen LogP contribution in [0.4, 0.5) is 14.0 Å². The first-order valence-electron chi connectivity index (χ1n) is 4.86. The summed E-state index contributed by atoms with van der Waals surface area (Å²) in [5.41, 5.74) is 0. The van der Waals surface area contributed by atoms with Crippen LogP contribution in [0.1, 0.15) is 6.42 Å². The van der Waals surface area contributed by atoms with Crippen LogP contribution < -0.4 is 0 Å². The van der Waals surface area contributed by atoms with Gasteiger partial charge in [0.2, 0.25) is 0 Å². The van der Waals surface area contributed by atoms with Crippen molar-refractivity contribution in [3.05, 3.63) is 0 Å². The third kappa shape index (κ3) is 6.86. The molecule has 9 heteroatoms. The van der Waals surface area contributed by atoms with Crippen LogP contribution in [0.15, 0.2) is 0 Å². The summed E-state index contributed by atoms with van der Waals surface area (Å²) < 4.78 is 29.7. The summed E-state index contributed by atoms with van der Waals surface area (Å²) >= 11 is 0. The molecule has 18 heavy (non-hydrogen) atoms. The number of aliphatic hydroxyl groups excluding tert-OH is 1. The van der Waals surface area contributed by atoms with E-state index in [9.17, 15) is 9.18 Å². The van der Waals surface area contributed by atoms with Gasteiger partial charge >= 0.3 is 12.3 Å². The van der Waals surface area contributed by atoms with E-state index >= 15 is 0 Å². The van der Waals surface area contributed by atoms with Crippen LogP contribution in [-0.2, 0) is 18.9 Å². The number of methoxy groups -OCH3 is 2. The highest BCUT2D eigenvalue weighted by atomic mass is 19.1. The Morgan fingerprint density at radius 3 is 2.28 bits per heavy atom. The molecule has 0 aromatic rings. The smallest absolute Gasteiger partial charge is 0.450 e. The van der Waals surface area contributed by atoms with Gasteiger partial charge in [-0.05, 0) is 0 Å². The first-order valence-corrected chi connectivity index (χ1v) is 4.86. The van der Waals surface area contributed by atoms with Gasteiger partial charge in [0, 0.05) is 6.42 Å². The van der Waals surface area contributed by atoms with Gasteiger partial charge in [-0.25, -0.2) is 14.0 Å². The van der Waals surface area contributed by atoms with Crippen molar-refractivity contribution in [3.8, 4) is 0 Å². The molecule has 1 saturated heterocycles. The predicted molar refractivity (Wildman–Crippen MR) is 53.8 cm³/mol. The van der Waals surface area contributed by atoms with Crippen LogP contribution in [0.2, 0.25) is 0 Å². The number of carbonyl (C=O) groups excluding carboxylic acids is 1. The maximum Gasteiger partial charge on any atom is 0.508 e. The van der Waals surface area contributed by atoms with E-state index in [-0.39, 0.29) is 13.0 Å². The highest BCUT2D eigenvalue weighted by Crippen LogP contribution is 2.21. The van der Waals surface area contributed by atoms with Gasteiger partial charge in [0.15, 0.2) is 12.5 Å². The highest BCUT2D eigenvalue weighted by Gasteiger charge is 2.34. The van der Waals surface area contributed by atoms with Gasteiger partial charge in [-0.1, -0.05) is 0 Å². The van der Waals surface area contributed by atoms with Gasteiger partial charge in [0.25, 0.3) is 0 Å². The fourth-order valence-corrected chi connectivity index (χ4v) is 1.03. The third-order valence-corrected chi connectivity index (χ3v) is 1.86. The molecule has 8 nitrogen and oxygen atoms in total. The van der Waals surface area contributed by atoms with Gasteiger partial charge in [0.05, 0.1) is 20.3 Å². The first kappa shape index (κ1) is 16.4. The normalized spacial score (nSPS) is 25.7. The number of ether oxygens (including phenoxy) is 4. The Labute approximate surface area is 102 Å². The molecule has 0 saturated carbocycles. The molecule has 0 bridgehead atoms. The number of halogens is 1. The summed E-state index contributed by atoms with van der Waals surface area (Å²) in [6.45, 7) is -0.107. The number of carboxylic acid groups (broad SMARTS) is 1. The molecule has 0 aromatic heterocycles. The van der Waals surface area contributed by atoms with E-state index in [0.717, 1.165) is 7.11 Å². The summed E-state index contributed by atoms with van der Waals surface area (Å²) in [5.74, 6) is 0. The quantitative estimate of drug-likeness (QED) is 0.699. The van der Waals surface area contributed by atoms with Crippen LogP contribution in [0, 0.1) is 0 Å². The Bertz CT molecular complexity index is 261. The Kier molecular flexibility index (Phi) is 7.72. The fraction of sp³-hybridized carbons (Fsp3) is 0.778. The van der Waals surface area contributed by atoms with E-state index in [1.165, 1.54) is 7.11 Å². The second kappa shape index (κ2) is 8.48. The molecule has 0 aliphatic carbocycles. The molecule has 0 radical (unpaired) electrons. The second-order valence-electron chi connectivity index (χ2n) is 3.14. The zero-order chi connectivity index (χ0) is 14.1. The predicted octanol–water partition coefficient (Wildman–Crippen LogP) is 0.526. The SMILES string of the molecule is COC(=O)O.COC(=O)OCC1CC(F)C(O)O1. The zero-order valence-electron chi connectivity index (χ0n) is 9.87. The maximum atomic E-state index is 12.6. The van der Waals surface area contributed by atoms with Gasteiger partial charge in [-0.3, -0.25) is 0 Å². The van der Waals surface area contributed by atoms with Crippen molar-refractivity contribution in [2.75, 3.05) is 20.8 Å². The van der Waals surface area contributed by atoms with Crippen molar-refractivity contribution < 1.29 is 43.1 Å². The van der Waals surface area contributed by atoms with Crippen LogP contribution in [0.3, 0.4) is 0 Å². The Morgan fingerprint density at radius 2 is 1.94 bits per heavy atom. The number of hydrogen-bond donors (Lipinski definition) is 2. The van der Waals surface area contributed by atoms with Crippen molar-refractivity contribution in [1.29, 1.82) is 0 Å². The third-order valence-electron chi connectivity index (χ3n) is 1.86. The molecule has 1 aliphatic heterocycles. The van der Waals surface area contributed by atoms with Crippen molar-refractivity contribution in [2.24, 2.45) is 0 Å².